The van der Waals surface area contributed by atoms with Crippen LogP contribution < -0.4 is 0 Å². The maximum Gasteiger partial charge on any atom is 0.309 e. The molecule has 0 saturated heterocycles. The van der Waals surface area contributed by atoms with Gasteiger partial charge in [-0.2, -0.15) is 0 Å². The minimum absolute atomic E-state index is 0.312. The van der Waals surface area contributed by atoms with E-state index in [9.17, 15) is 9.90 Å². The van der Waals surface area contributed by atoms with Crippen LogP contribution in [0.3, 0.4) is 0 Å². The molecule has 2 aromatic rings. The van der Waals surface area contributed by atoms with Gasteiger partial charge in [0.1, 0.15) is 0 Å². The zero-order valence-electron chi connectivity index (χ0n) is 14.2. The molecule has 126 valence electrons. The fraction of sp³-hybridized carbons (Fsp3) is 0.381. The third-order valence-electron chi connectivity index (χ3n) is 5.21. The third-order valence-corrected chi connectivity index (χ3v) is 5.21. The van der Waals surface area contributed by atoms with Crippen molar-refractivity contribution >= 4 is 5.97 Å². The van der Waals surface area contributed by atoms with Gasteiger partial charge in [0.2, 0.25) is 0 Å². The van der Waals surface area contributed by atoms with Gasteiger partial charge in [-0.25, -0.2) is 0 Å². The van der Waals surface area contributed by atoms with Gasteiger partial charge in [-0.1, -0.05) is 60.7 Å². The SMILES string of the molecule is C[C@@]1(C(=O)O)CC[C@@H](N(Cc2ccccc2)Cc2ccccc2)C1. The summed E-state index contributed by atoms with van der Waals surface area (Å²) >= 11 is 0. The summed E-state index contributed by atoms with van der Waals surface area (Å²) in [4.78, 5) is 14.0. The van der Waals surface area contributed by atoms with Crippen LogP contribution in [0.15, 0.2) is 60.7 Å². The highest BCUT2D eigenvalue weighted by Crippen LogP contribution is 2.41. The molecule has 3 nitrogen and oxygen atoms in total. The van der Waals surface area contributed by atoms with E-state index in [0.29, 0.717) is 6.04 Å². The number of benzene rings is 2. The van der Waals surface area contributed by atoms with Crippen molar-refractivity contribution in [3.63, 3.8) is 0 Å². The lowest BCUT2D eigenvalue weighted by Gasteiger charge is -2.30. The fourth-order valence-corrected chi connectivity index (χ4v) is 3.67. The van der Waals surface area contributed by atoms with Crippen molar-refractivity contribution in [2.75, 3.05) is 0 Å². The summed E-state index contributed by atoms with van der Waals surface area (Å²) in [7, 11) is 0. The Morgan fingerprint density at radius 1 is 1.04 bits per heavy atom. The summed E-state index contributed by atoms with van der Waals surface area (Å²) in [6.45, 7) is 3.60. The van der Waals surface area contributed by atoms with Crippen LogP contribution in [0, 0.1) is 5.41 Å². The molecule has 1 fully saturated rings. The van der Waals surface area contributed by atoms with Crippen molar-refractivity contribution in [3.8, 4) is 0 Å². The molecule has 0 aromatic heterocycles. The lowest BCUT2D eigenvalue weighted by atomic mass is 9.89. The van der Waals surface area contributed by atoms with Crippen LogP contribution >= 0.6 is 0 Å². The molecule has 1 aliphatic rings. The molecule has 2 atom stereocenters. The Hall–Kier alpha value is -2.13. The highest BCUT2D eigenvalue weighted by molar-refractivity contribution is 5.74. The lowest BCUT2D eigenvalue weighted by molar-refractivity contribution is -0.147. The number of carbonyl (C=O) groups is 1. The zero-order valence-corrected chi connectivity index (χ0v) is 14.2. The largest absolute Gasteiger partial charge is 0.481 e. The molecule has 0 radical (unpaired) electrons. The minimum Gasteiger partial charge on any atom is -0.481 e. The molecule has 0 spiro atoms. The highest BCUT2D eigenvalue weighted by atomic mass is 16.4. The number of hydrogen-bond donors (Lipinski definition) is 1. The molecule has 3 heteroatoms. The summed E-state index contributed by atoms with van der Waals surface area (Å²) in [6, 6.07) is 21.2. The standard InChI is InChI=1S/C21H25NO2/c1-21(20(23)24)13-12-19(14-21)22(15-17-8-4-2-5-9-17)16-18-10-6-3-7-11-18/h2-11,19H,12-16H2,1H3,(H,23,24)/t19-,21-/m1/s1. The first kappa shape index (κ1) is 16.7. The van der Waals surface area contributed by atoms with E-state index in [2.05, 4.69) is 53.4 Å². The molecule has 0 heterocycles. The number of carboxylic acid groups (broad SMARTS) is 1. The van der Waals surface area contributed by atoms with Gasteiger partial charge in [0.15, 0.2) is 0 Å². The summed E-state index contributed by atoms with van der Waals surface area (Å²) in [5, 5.41) is 9.53. The molecule has 24 heavy (non-hydrogen) atoms. The molecule has 2 aromatic carbocycles. The first-order valence-electron chi connectivity index (χ1n) is 8.62. The van der Waals surface area contributed by atoms with Crippen LogP contribution in [0.1, 0.15) is 37.3 Å². The monoisotopic (exact) mass is 323 g/mol. The second kappa shape index (κ2) is 7.18. The van der Waals surface area contributed by atoms with E-state index < -0.39 is 11.4 Å². The Balaban J connectivity index is 1.78. The number of rotatable bonds is 6. The van der Waals surface area contributed by atoms with Crippen LogP contribution in [0.2, 0.25) is 0 Å². The van der Waals surface area contributed by atoms with Gasteiger partial charge in [-0.3, -0.25) is 9.69 Å². The van der Waals surface area contributed by atoms with Crippen molar-refractivity contribution in [2.45, 2.75) is 45.3 Å². The van der Waals surface area contributed by atoms with Crippen LogP contribution in [0.4, 0.5) is 0 Å². The summed E-state index contributed by atoms with van der Waals surface area (Å²) in [5.74, 6) is -0.663. The number of aliphatic carboxylic acids is 1. The first-order chi connectivity index (χ1) is 11.6. The van der Waals surface area contributed by atoms with E-state index in [1.165, 1.54) is 11.1 Å². The average molecular weight is 323 g/mol. The van der Waals surface area contributed by atoms with Gasteiger partial charge in [-0.05, 0) is 37.3 Å². The fourth-order valence-electron chi connectivity index (χ4n) is 3.67. The van der Waals surface area contributed by atoms with Crippen molar-refractivity contribution in [3.05, 3.63) is 71.8 Å². The maximum atomic E-state index is 11.6. The average Bonchev–Trinajstić information content (AvgIpc) is 3.00. The first-order valence-corrected chi connectivity index (χ1v) is 8.62. The summed E-state index contributed by atoms with van der Waals surface area (Å²) in [6.07, 6.45) is 2.43. The van der Waals surface area contributed by atoms with Gasteiger partial charge in [0.25, 0.3) is 0 Å². The Bertz CT molecular complexity index is 629. The van der Waals surface area contributed by atoms with Gasteiger partial charge in [0.05, 0.1) is 5.41 Å². The van der Waals surface area contributed by atoms with E-state index in [4.69, 9.17) is 0 Å². The number of hydrogen-bond acceptors (Lipinski definition) is 2. The second-order valence-corrected chi connectivity index (χ2v) is 7.14. The second-order valence-electron chi connectivity index (χ2n) is 7.14. The Morgan fingerprint density at radius 2 is 1.54 bits per heavy atom. The molecular formula is C21H25NO2. The van der Waals surface area contributed by atoms with Crippen molar-refractivity contribution < 1.29 is 9.90 Å². The molecule has 3 rings (SSSR count). The van der Waals surface area contributed by atoms with Gasteiger partial charge in [0, 0.05) is 19.1 Å². The Labute approximate surface area is 143 Å². The highest BCUT2D eigenvalue weighted by Gasteiger charge is 2.43. The van der Waals surface area contributed by atoms with Crippen LogP contribution in [-0.2, 0) is 17.9 Å². The Kier molecular flexibility index (Phi) is 5.00. The molecule has 1 aliphatic carbocycles. The van der Waals surface area contributed by atoms with Crippen LogP contribution in [0.25, 0.3) is 0 Å². The van der Waals surface area contributed by atoms with Crippen molar-refractivity contribution in [1.82, 2.24) is 4.90 Å². The van der Waals surface area contributed by atoms with Crippen LogP contribution in [-0.4, -0.2) is 22.0 Å². The number of nitrogens with zero attached hydrogens (tertiary/aromatic N) is 1. The normalized spacial score (nSPS) is 23.5. The molecule has 0 bridgehead atoms. The van der Waals surface area contributed by atoms with E-state index in [0.717, 1.165) is 32.4 Å². The molecule has 1 saturated carbocycles. The van der Waals surface area contributed by atoms with Crippen molar-refractivity contribution in [2.24, 2.45) is 5.41 Å². The third kappa shape index (κ3) is 3.85. The predicted molar refractivity (Wildman–Crippen MR) is 95.5 cm³/mol. The molecular weight excluding hydrogens is 298 g/mol. The Morgan fingerprint density at radius 3 is 1.96 bits per heavy atom. The smallest absolute Gasteiger partial charge is 0.309 e. The van der Waals surface area contributed by atoms with E-state index in [1.807, 2.05) is 19.1 Å². The van der Waals surface area contributed by atoms with Gasteiger partial charge < -0.3 is 5.11 Å². The zero-order chi connectivity index (χ0) is 17.0. The van der Waals surface area contributed by atoms with E-state index in [-0.39, 0.29) is 0 Å². The van der Waals surface area contributed by atoms with E-state index in [1.54, 1.807) is 0 Å². The predicted octanol–water partition coefficient (Wildman–Crippen LogP) is 4.33. The van der Waals surface area contributed by atoms with Gasteiger partial charge >= 0.3 is 5.97 Å². The maximum absolute atomic E-state index is 11.6. The van der Waals surface area contributed by atoms with Crippen molar-refractivity contribution in [1.29, 1.82) is 0 Å². The molecule has 0 amide bonds. The number of carboxylic acids is 1. The van der Waals surface area contributed by atoms with Crippen LogP contribution in [0.5, 0.6) is 0 Å². The molecule has 0 aliphatic heterocycles. The van der Waals surface area contributed by atoms with E-state index >= 15 is 0 Å². The summed E-state index contributed by atoms with van der Waals surface area (Å²) in [5.41, 5.74) is 1.96. The topological polar surface area (TPSA) is 40.5 Å². The quantitative estimate of drug-likeness (QED) is 0.860. The minimum atomic E-state index is -0.663. The van der Waals surface area contributed by atoms with Gasteiger partial charge in [-0.15, -0.1) is 0 Å². The molecule has 0 unspecified atom stereocenters. The summed E-state index contributed by atoms with van der Waals surface area (Å²) < 4.78 is 0. The molecule has 1 N–H and O–H groups in total. The lowest BCUT2D eigenvalue weighted by Crippen LogP contribution is -2.34.